The summed E-state index contributed by atoms with van der Waals surface area (Å²) in [6.45, 7) is 6.42. The van der Waals surface area contributed by atoms with Crippen LogP contribution < -0.4 is 5.32 Å². The van der Waals surface area contributed by atoms with Crippen LogP contribution in [0.25, 0.3) is 0 Å². The van der Waals surface area contributed by atoms with Crippen LogP contribution in [0, 0.1) is 5.92 Å². The number of hydrogen-bond acceptors (Lipinski definition) is 4. The predicted octanol–water partition coefficient (Wildman–Crippen LogP) is 4.12. The Morgan fingerprint density at radius 2 is 1.89 bits per heavy atom. The van der Waals surface area contributed by atoms with Gasteiger partial charge in [0, 0.05) is 36.8 Å². The first-order valence-corrected chi connectivity index (χ1v) is 10.0. The van der Waals surface area contributed by atoms with E-state index in [-0.39, 0.29) is 42.9 Å². The van der Waals surface area contributed by atoms with Gasteiger partial charge in [0.1, 0.15) is 11.8 Å². The van der Waals surface area contributed by atoms with Crippen LogP contribution in [0.3, 0.4) is 0 Å². The average Bonchev–Trinajstić information content (AvgIpc) is 3.10. The van der Waals surface area contributed by atoms with Gasteiger partial charge in [0.05, 0.1) is 0 Å². The molecule has 2 heterocycles. The maximum absolute atomic E-state index is 13.4. The van der Waals surface area contributed by atoms with E-state index in [4.69, 9.17) is 4.52 Å². The number of nitrogens with zero attached hydrogens (tertiary/aromatic N) is 2. The number of halogens is 2. The summed E-state index contributed by atoms with van der Waals surface area (Å²) in [6, 6.07) is 1.09. The molecule has 1 saturated heterocycles. The molecule has 1 aromatic rings. The summed E-state index contributed by atoms with van der Waals surface area (Å²) in [5, 5.41) is 6.65. The summed E-state index contributed by atoms with van der Waals surface area (Å²) in [4.78, 5) is 27.3. The third-order valence-electron chi connectivity index (χ3n) is 5.66. The molecule has 156 valence electrons. The molecular weight excluding hydrogens is 368 g/mol. The Labute approximate surface area is 164 Å². The lowest BCUT2D eigenvalue weighted by molar-refractivity contribution is -0.147. The van der Waals surface area contributed by atoms with Crippen LogP contribution in [0.1, 0.15) is 71.5 Å². The van der Waals surface area contributed by atoms with Crippen LogP contribution in [-0.4, -0.2) is 40.4 Å². The van der Waals surface area contributed by atoms with E-state index in [1.54, 1.807) is 11.0 Å². The molecule has 2 aliphatic rings. The number of anilines is 1. The van der Waals surface area contributed by atoms with Crippen molar-refractivity contribution in [1.29, 1.82) is 0 Å². The third kappa shape index (κ3) is 4.70. The highest BCUT2D eigenvalue weighted by Gasteiger charge is 2.41. The molecule has 0 aromatic carbocycles. The number of carbonyl (C=O) groups is 2. The third-order valence-corrected chi connectivity index (χ3v) is 5.66. The Kier molecular flexibility index (Phi) is 5.77. The van der Waals surface area contributed by atoms with Gasteiger partial charge in [-0.05, 0) is 32.1 Å². The quantitative estimate of drug-likeness (QED) is 0.833. The minimum absolute atomic E-state index is 0.175. The zero-order valence-electron chi connectivity index (χ0n) is 16.8. The normalized spacial score (nSPS) is 23.5. The fraction of sp³-hybridized carbons (Fsp3) is 0.750. The van der Waals surface area contributed by atoms with Gasteiger partial charge < -0.3 is 14.7 Å². The molecule has 1 N–H and O–H groups in total. The maximum Gasteiger partial charge on any atom is 0.248 e. The smallest absolute Gasteiger partial charge is 0.248 e. The van der Waals surface area contributed by atoms with E-state index in [9.17, 15) is 18.4 Å². The van der Waals surface area contributed by atoms with Gasteiger partial charge in [-0.3, -0.25) is 9.59 Å². The molecule has 1 unspecified atom stereocenters. The topological polar surface area (TPSA) is 75.4 Å². The number of carbonyl (C=O) groups excluding carboxylic acids is 2. The molecule has 1 aliphatic carbocycles. The van der Waals surface area contributed by atoms with Crippen LogP contribution in [0.5, 0.6) is 0 Å². The molecule has 28 heavy (non-hydrogen) atoms. The second-order valence-corrected chi connectivity index (χ2v) is 8.99. The number of rotatable bonds is 3. The predicted molar refractivity (Wildman–Crippen MR) is 100 cm³/mol. The van der Waals surface area contributed by atoms with Crippen molar-refractivity contribution in [2.45, 2.75) is 83.1 Å². The van der Waals surface area contributed by atoms with E-state index >= 15 is 0 Å². The average molecular weight is 397 g/mol. The first-order chi connectivity index (χ1) is 13.1. The molecule has 0 bridgehead atoms. The summed E-state index contributed by atoms with van der Waals surface area (Å²) in [7, 11) is 0. The van der Waals surface area contributed by atoms with E-state index in [0.717, 1.165) is 12.8 Å². The molecule has 1 aliphatic heterocycles. The standard InChI is InChI=1S/C20H29F2N3O3/c1-19(2,3)15-12-16(24-28-15)23-17(26)14-6-4-5-11-25(14)18(27)13-7-9-20(21,22)10-8-13/h12-14H,4-11H2,1-3H3,(H,23,24,26). The van der Waals surface area contributed by atoms with Crippen molar-refractivity contribution >= 4 is 17.6 Å². The van der Waals surface area contributed by atoms with Gasteiger partial charge in [0.2, 0.25) is 17.7 Å². The molecule has 1 saturated carbocycles. The number of aromatic nitrogens is 1. The van der Waals surface area contributed by atoms with Gasteiger partial charge >= 0.3 is 0 Å². The fourth-order valence-electron chi connectivity index (χ4n) is 3.89. The van der Waals surface area contributed by atoms with E-state index in [1.165, 1.54) is 0 Å². The highest BCUT2D eigenvalue weighted by molar-refractivity contribution is 5.97. The Morgan fingerprint density at radius 1 is 1.21 bits per heavy atom. The van der Waals surface area contributed by atoms with Crippen molar-refractivity contribution in [1.82, 2.24) is 10.1 Å². The number of nitrogens with one attached hydrogen (secondary N) is 1. The Balaban J connectivity index is 1.66. The molecule has 2 fully saturated rings. The van der Waals surface area contributed by atoms with Gasteiger partial charge in [-0.15, -0.1) is 0 Å². The zero-order valence-corrected chi connectivity index (χ0v) is 16.8. The van der Waals surface area contributed by atoms with Crippen molar-refractivity contribution in [2.75, 3.05) is 11.9 Å². The van der Waals surface area contributed by atoms with E-state index in [0.29, 0.717) is 24.5 Å². The second kappa shape index (κ2) is 7.79. The van der Waals surface area contributed by atoms with E-state index in [1.807, 2.05) is 20.8 Å². The minimum Gasteiger partial charge on any atom is -0.359 e. The van der Waals surface area contributed by atoms with Crippen molar-refractivity contribution in [3.05, 3.63) is 11.8 Å². The maximum atomic E-state index is 13.4. The van der Waals surface area contributed by atoms with Gasteiger partial charge in [0.25, 0.3) is 0 Å². The molecule has 8 heteroatoms. The number of piperidine rings is 1. The lowest BCUT2D eigenvalue weighted by Gasteiger charge is -2.38. The van der Waals surface area contributed by atoms with Gasteiger partial charge in [-0.2, -0.15) is 0 Å². The molecule has 1 atom stereocenters. The summed E-state index contributed by atoms with van der Waals surface area (Å²) < 4.78 is 32.1. The number of amides is 2. The van der Waals surface area contributed by atoms with E-state index < -0.39 is 17.9 Å². The first-order valence-electron chi connectivity index (χ1n) is 10.0. The van der Waals surface area contributed by atoms with Gasteiger partial charge in [-0.25, -0.2) is 8.78 Å². The zero-order chi connectivity index (χ0) is 20.5. The second-order valence-electron chi connectivity index (χ2n) is 8.99. The van der Waals surface area contributed by atoms with Crippen LogP contribution >= 0.6 is 0 Å². The monoisotopic (exact) mass is 397 g/mol. The number of alkyl halides is 2. The number of likely N-dealkylation sites (tertiary alicyclic amines) is 1. The van der Waals surface area contributed by atoms with Crippen LogP contribution in [0.2, 0.25) is 0 Å². The summed E-state index contributed by atoms with van der Waals surface area (Å²) in [5.74, 6) is -2.60. The van der Waals surface area contributed by atoms with Crippen LogP contribution in [0.15, 0.2) is 10.6 Å². The summed E-state index contributed by atoms with van der Waals surface area (Å²) in [6.07, 6.45) is 2.05. The highest BCUT2D eigenvalue weighted by Crippen LogP contribution is 2.37. The molecule has 0 radical (unpaired) electrons. The van der Waals surface area contributed by atoms with Crippen LogP contribution in [0.4, 0.5) is 14.6 Å². The van der Waals surface area contributed by atoms with Crippen molar-refractivity contribution in [3.63, 3.8) is 0 Å². The SMILES string of the molecule is CC(C)(C)c1cc(NC(=O)C2CCCCN2C(=O)C2CCC(F)(F)CC2)no1. The Morgan fingerprint density at radius 3 is 2.50 bits per heavy atom. The summed E-state index contributed by atoms with van der Waals surface area (Å²) in [5.41, 5.74) is -0.230. The van der Waals surface area contributed by atoms with Crippen molar-refractivity contribution in [3.8, 4) is 0 Å². The Hall–Kier alpha value is -1.99. The van der Waals surface area contributed by atoms with Crippen molar-refractivity contribution in [2.24, 2.45) is 5.92 Å². The Bertz CT molecular complexity index is 717. The molecule has 2 amide bonds. The minimum atomic E-state index is -2.67. The molecule has 0 spiro atoms. The molecule has 6 nitrogen and oxygen atoms in total. The summed E-state index contributed by atoms with van der Waals surface area (Å²) >= 11 is 0. The van der Waals surface area contributed by atoms with Gasteiger partial charge in [0.15, 0.2) is 5.82 Å². The molecule has 1 aromatic heterocycles. The lowest BCUT2D eigenvalue weighted by atomic mass is 9.85. The van der Waals surface area contributed by atoms with Crippen LogP contribution in [-0.2, 0) is 15.0 Å². The highest BCUT2D eigenvalue weighted by atomic mass is 19.3. The van der Waals surface area contributed by atoms with Crippen molar-refractivity contribution < 1.29 is 22.9 Å². The first kappa shape index (κ1) is 20.7. The number of hydrogen-bond donors (Lipinski definition) is 1. The molecule has 3 rings (SSSR count). The van der Waals surface area contributed by atoms with E-state index in [2.05, 4.69) is 10.5 Å². The largest absolute Gasteiger partial charge is 0.359 e. The van der Waals surface area contributed by atoms with Gasteiger partial charge in [-0.1, -0.05) is 25.9 Å². The lowest BCUT2D eigenvalue weighted by Crippen LogP contribution is -2.52. The fourth-order valence-corrected chi connectivity index (χ4v) is 3.89. The molecular formula is C20H29F2N3O3.